The second-order valence-electron chi connectivity index (χ2n) is 10.1. The Bertz CT molecular complexity index is 1360. The van der Waals surface area contributed by atoms with Crippen molar-refractivity contribution in [3.63, 3.8) is 0 Å². The number of aryl methyl sites for hydroxylation is 1. The van der Waals surface area contributed by atoms with Crippen molar-refractivity contribution in [3.05, 3.63) is 101 Å². The zero-order chi connectivity index (χ0) is 28.6. The molecule has 1 N–H and O–H groups in total. The van der Waals surface area contributed by atoms with Gasteiger partial charge in [0.05, 0.1) is 11.9 Å². The average molecular weight is 554 g/mol. The Morgan fingerprint density at radius 3 is 2.15 bits per heavy atom. The van der Waals surface area contributed by atoms with Gasteiger partial charge in [0.15, 0.2) is 0 Å². The Kier molecular flexibility index (Phi) is 10.2. The number of halogens is 1. The standard InChI is InChI=1S/C30H36FN3O4S/c1-22(2)19-32-30(36)28(18-24-10-6-5-7-11-24)33(20-25-12-8-9-23(3)17-25)29(35)21-34(39(4,37)38)27-15-13-26(31)14-16-27/h5-17,22,28H,18-21H2,1-4H3,(H,32,36). The van der Waals surface area contributed by atoms with E-state index in [0.29, 0.717) is 6.54 Å². The summed E-state index contributed by atoms with van der Waals surface area (Å²) >= 11 is 0. The number of carbonyl (C=O) groups is 2. The largest absolute Gasteiger partial charge is 0.354 e. The summed E-state index contributed by atoms with van der Waals surface area (Å²) in [6, 6.07) is 21.0. The summed E-state index contributed by atoms with van der Waals surface area (Å²) in [6.07, 6.45) is 1.24. The van der Waals surface area contributed by atoms with Gasteiger partial charge < -0.3 is 10.2 Å². The highest BCUT2D eigenvalue weighted by Crippen LogP contribution is 2.21. The van der Waals surface area contributed by atoms with E-state index in [9.17, 15) is 22.4 Å². The van der Waals surface area contributed by atoms with Crippen molar-refractivity contribution in [3.8, 4) is 0 Å². The van der Waals surface area contributed by atoms with Gasteiger partial charge in [-0.15, -0.1) is 0 Å². The number of nitrogens with zero attached hydrogens (tertiary/aromatic N) is 2. The van der Waals surface area contributed by atoms with Crippen LogP contribution in [0.5, 0.6) is 0 Å². The lowest BCUT2D eigenvalue weighted by atomic mass is 10.0. The van der Waals surface area contributed by atoms with Crippen molar-refractivity contribution in [1.82, 2.24) is 10.2 Å². The smallest absolute Gasteiger partial charge is 0.244 e. The first kappa shape index (κ1) is 29.8. The summed E-state index contributed by atoms with van der Waals surface area (Å²) in [7, 11) is -3.90. The van der Waals surface area contributed by atoms with Crippen molar-refractivity contribution < 1.29 is 22.4 Å². The normalized spacial score (nSPS) is 12.2. The Hall–Kier alpha value is -3.72. The maximum atomic E-state index is 14.0. The Morgan fingerprint density at radius 1 is 0.923 bits per heavy atom. The molecule has 0 aromatic heterocycles. The lowest BCUT2D eigenvalue weighted by Gasteiger charge is -2.33. The molecule has 2 amide bonds. The molecular formula is C30H36FN3O4S. The lowest BCUT2D eigenvalue weighted by Crippen LogP contribution is -2.53. The minimum atomic E-state index is -3.90. The van der Waals surface area contributed by atoms with Crippen LogP contribution in [0.25, 0.3) is 0 Å². The van der Waals surface area contributed by atoms with Crippen molar-refractivity contribution in [2.75, 3.05) is 23.7 Å². The van der Waals surface area contributed by atoms with Gasteiger partial charge in [-0.25, -0.2) is 12.8 Å². The number of hydrogen-bond acceptors (Lipinski definition) is 4. The quantitative estimate of drug-likeness (QED) is 0.362. The van der Waals surface area contributed by atoms with Crippen LogP contribution in [0, 0.1) is 18.7 Å². The zero-order valence-corrected chi connectivity index (χ0v) is 23.6. The molecule has 3 aromatic rings. The van der Waals surface area contributed by atoms with Gasteiger partial charge in [-0.3, -0.25) is 13.9 Å². The van der Waals surface area contributed by atoms with Crippen molar-refractivity contribution in [2.45, 2.75) is 39.8 Å². The molecule has 0 aliphatic rings. The van der Waals surface area contributed by atoms with Crippen molar-refractivity contribution in [1.29, 1.82) is 0 Å². The molecule has 3 rings (SSSR count). The van der Waals surface area contributed by atoms with Crippen LogP contribution in [-0.4, -0.2) is 50.5 Å². The van der Waals surface area contributed by atoms with Crippen LogP contribution >= 0.6 is 0 Å². The van der Waals surface area contributed by atoms with Gasteiger partial charge in [0.1, 0.15) is 18.4 Å². The van der Waals surface area contributed by atoms with Gasteiger partial charge in [0, 0.05) is 19.5 Å². The van der Waals surface area contributed by atoms with Gasteiger partial charge in [0.25, 0.3) is 0 Å². The Labute approximate surface area is 230 Å². The lowest BCUT2D eigenvalue weighted by molar-refractivity contribution is -0.140. The minimum Gasteiger partial charge on any atom is -0.354 e. The number of hydrogen-bond donors (Lipinski definition) is 1. The maximum Gasteiger partial charge on any atom is 0.244 e. The first-order chi connectivity index (χ1) is 18.4. The molecule has 7 nitrogen and oxygen atoms in total. The van der Waals surface area contributed by atoms with E-state index in [-0.39, 0.29) is 30.5 Å². The highest BCUT2D eigenvalue weighted by atomic mass is 32.2. The fourth-order valence-electron chi connectivity index (χ4n) is 4.20. The maximum absolute atomic E-state index is 14.0. The minimum absolute atomic E-state index is 0.105. The highest BCUT2D eigenvalue weighted by molar-refractivity contribution is 7.92. The molecule has 0 bridgehead atoms. The van der Waals surface area contributed by atoms with Gasteiger partial charge >= 0.3 is 0 Å². The molecule has 0 saturated heterocycles. The van der Waals surface area contributed by atoms with E-state index in [1.165, 1.54) is 17.0 Å². The van der Waals surface area contributed by atoms with Crippen LogP contribution in [0.15, 0.2) is 78.9 Å². The topological polar surface area (TPSA) is 86.8 Å². The second kappa shape index (κ2) is 13.4. The molecule has 0 aliphatic heterocycles. The monoisotopic (exact) mass is 553 g/mol. The molecule has 0 aliphatic carbocycles. The fourth-order valence-corrected chi connectivity index (χ4v) is 5.05. The van der Waals surface area contributed by atoms with Gasteiger partial charge in [-0.2, -0.15) is 0 Å². The van der Waals surface area contributed by atoms with Crippen molar-refractivity contribution in [2.24, 2.45) is 5.92 Å². The summed E-state index contributed by atoms with van der Waals surface area (Å²) in [4.78, 5) is 29.0. The predicted octanol–water partition coefficient (Wildman–Crippen LogP) is 4.31. The van der Waals surface area contributed by atoms with Gasteiger partial charge in [-0.1, -0.05) is 74.0 Å². The van der Waals surface area contributed by atoms with E-state index in [0.717, 1.165) is 39.4 Å². The first-order valence-electron chi connectivity index (χ1n) is 12.8. The number of benzene rings is 3. The molecule has 0 radical (unpaired) electrons. The van der Waals surface area contributed by atoms with E-state index in [4.69, 9.17) is 0 Å². The second-order valence-corrected chi connectivity index (χ2v) is 12.0. The van der Waals surface area contributed by atoms with Crippen LogP contribution in [0.2, 0.25) is 0 Å². The number of nitrogens with one attached hydrogen (secondary N) is 1. The molecule has 3 aromatic carbocycles. The SMILES string of the molecule is Cc1cccc(CN(C(=O)CN(c2ccc(F)cc2)S(C)(=O)=O)C(Cc2ccccc2)C(=O)NCC(C)C)c1. The molecular weight excluding hydrogens is 517 g/mol. The molecule has 0 fully saturated rings. The average Bonchev–Trinajstić information content (AvgIpc) is 2.88. The third-order valence-electron chi connectivity index (χ3n) is 6.18. The fraction of sp³-hybridized carbons (Fsp3) is 0.333. The van der Waals surface area contributed by atoms with Crippen molar-refractivity contribution >= 4 is 27.5 Å². The van der Waals surface area contributed by atoms with E-state index in [2.05, 4.69) is 5.32 Å². The summed E-state index contributed by atoms with van der Waals surface area (Å²) < 4.78 is 40.0. The number of amides is 2. The van der Waals surface area contributed by atoms with Crippen LogP contribution in [0.3, 0.4) is 0 Å². The molecule has 9 heteroatoms. The molecule has 1 atom stereocenters. The van der Waals surface area contributed by atoms with Crippen LogP contribution in [-0.2, 0) is 32.6 Å². The van der Waals surface area contributed by atoms with E-state index >= 15 is 0 Å². The molecule has 39 heavy (non-hydrogen) atoms. The van der Waals surface area contributed by atoms with Gasteiger partial charge in [0.2, 0.25) is 21.8 Å². The predicted molar refractivity (Wildman–Crippen MR) is 152 cm³/mol. The third kappa shape index (κ3) is 8.92. The number of anilines is 1. The Balaban J connectivity index is 2.04. The first-order valence-corrected chi connectivity index (χ1v) is 14.7. The van der Waals surface area contributed by atoms with E-state index in [1.54, 1.807) is 0 Å². The van der Waals surface area contributed by atoms with E-state index in [1.807, 2.05) is 75.4 Å². The molecule has 1 unspecified atom stereocenters. The molecule has 0 spiro atoms. The van der Waals surface area contributed by atoms with E-state index < -0.39 is 34.3 Å². The summed E-state index contributed by atoms with van der Waals surface area (Å²) in [5.74, 6) is -1.19. The summed E-state index contributed by atoms with van der Waals surface area (Å²) in [5.41, 5.74) is 2.83. The molecule has 0 saturated carbocycles. The highest BCUT2D eigenvalue weighted by Gasteiger charge is 2.33. The third-order valence-corrected chi connectivity index (χ3v) is 7.33. The van der Waals surface area contributed by atoms with Gasteiger partial charge in [-0.05, 0) is 48.2 Å². The van der Waals surface area contributed by atoms with Crippen LogP contribution < -0.4 is 9.62 Å². The molecule has 208 valence electrons. The molecule has 0 heterocycles. The summed E-state index contributed by atoms with van der Waals surface area (Å²) in [6.45, 7) is 5.89. The van der Waals surface area contributed by atoms with Crippen LogP contribution in [0.1, 0.15) is 30.5 Å². The zero-order valence-electron chi connectivity index (χ0n) is 22.8. The summed E-state index contributed by atoms with van der Waals surface area (Å²) in [5, 5.41) is 2.95. The number of rotatable bonds is 12. The Morgan fingerprint density at radius 2 is 1.56 bits per heavy atom. The van der Waals surface area contributed by atoms with Crippen LogP contribution in [0.4, 0.5) is 10.1 Å². The number of sulfonamides is 1. The number of carbonyl (C=O) groups excluding carboxylic acids is 2.